The number of nitrogens with one attached hydrogen (secondary N) is 1. The second-order valence-electron chi connectivity index (χ2n) is 6.47. The Morgan fingerprint density at radius 3 is 2.62 bits per heavy atom. The normalized spacial score (nSPS) is 21.6. The first-order chi connectivity index (χ1) is 10.3. The van der Waals surface area contributed by atoms with Gasteiger partial charge in [0.05, 0.1) is 5.69 Å². The summed E-state index contributed by atoms with van der Waals surface area (Å²) in [5.74, 6) is 1.40. The van der Waals surface area contributed by atoms with Crippen molar-refractivity contribution in [2.24, 2.45) is 5.92 Å². The lowest BCUT2D eigenvalue weighted by molar-refractivity contribution is 0.0351. The molecule has 1 N–H and O–H groups in total. The summed E-state index contributed by atoms with van der Waals surface area (Å²) < 4.78 is 5.88. The lowest BCUT2D eigenvalue weighted by Crippen LogP contribution is -2.17. The number of ether oxygens (including phenoxy) is 1. The van der Waals surface area contributed by atoms with Crippen LogP contribution in [0.5, 0.6) is 0 Å². The minimum absolute atomic E-state index is 0.225. The second-order valence-corrected chi connectivity index (χ2v) is 7.58. The Labute approximate surface area is 132 Å². The topological polar surface area (TPSA) is 34.1 Å². The minimum atomic E-state index is 0.225. The van der Waals surface area contributed by atoms with Crippen molar-refractivity contribution in [1.82, 2.24) is 10.3 Å². The fourth-order valence-electron chi connectivity index (χ4n) is 3.48. The van der Waals surface area contributed by atoms with Gasteiger partial charge >= 0.3 is 0 Å². The van der Waals surface area contributed by atoms with Crippen LogP contribution in [0.15, 0.2) is 0 Å². The predicted molar refractivity (Wildman–Crippen MR) is 87.8 cm³/mol. The lowest BCUT2D eigenvalue weighted by atomic mass is 9.85. The minimum Gasteiger partial charge on any atom is -0.374 e. The van der Waals surface area contributed by atoms with Gasteiger partial charge < -0.3 is 10.1 Å². The Balaban J connectivity index is 1.78. The summed E-state index contributed by atoms with van der Waals surface area (Å²) in [6.07, 6.45) is 9.59. The predicted octanol–water partition coefficient (Wildman–Crippen LogP) is 4.40. The van der Waals surface area contributed by atoms with Gasteiger partial charge in [0.2, 0.25) is 0 Å². The number of methoxy groups -OCH3 is 1. The van der Waals surface area contributed by atoms with E-state index in [0.29, 0.717) is 5.92 Å². The largest absolute Gasteiger partial charge is 0.374 e. The molecule has 3 nitrogen and oxygen atoms in total. The van der Waals surface area contributed by atoms with Crippen LogP contribution in [0.3, 0.4) is 0 Å². The molecule has 1 aromatic heterocycles. The average molecular weight is 308 g/mol. The molecule has 2 aliphatic carbocycles. The molecule has 1 heterocycles. The standard InChI is InChI=1S/C17H28N2OS/c1-3-18-11-14-15(12-9-10-12)19-17(21-14)16(20-2)13-7-5-4-6-8-13/h12-13,16,18H,3-11H2,1-2H3. The molecular formula is C17H28N2OS. The summed E-state index contributed by atoms with van der Waals surface area (Å²) in [6.45, 7) is 4.16. The molecule has 4 heteroatoms. The van der Waals surface area contributed by atoms with E-state index in [-0.39, 0.29) is 6.10 Å². The van der Waals surface area contributed by atoms with Gasteiger partial charge in [-0.05, 0) is 38.1 Å². The van der Waals surface area contributed by atoms with E-state index < -0.39 is 0 Å². The van der Waals surface area contributed by atoms with Crippen molar-refractivity contribution in [3.63, 3.8) is 0 Å². The molecule has 0 amide bonds. The SMILES string of the molecule is CCNCc1sc(C(OC)C2CCCCC2)nc1C1CC1. The van der Waals surface area contributed by atoms with E-state index in [1.54, 1.807) is 0 Å². The van der Waals surface area contributed by atoms with Gasteiger partial charge in [0.25, 0.3) is 0 Å². The van der Waals surface area contributed by atoms with Gasteiger partial charge in [-0.15, -0.1) is 11.3 Å². The van der Waals surface area contributed by atoms with Crippen LogP contribution in [0.25, 0.3) is 0 Å². The van der Waals surface area contributed by atoms with Crippen LogP contribution in [0.2, 0.25) is 0 Å². The molecule has 0 saturated heterocycles. The van der Waals surface area contributed by atoms with Gasteiger partial charge in [-0.2, -0.15) is 0 Å². The van der Waals surface area contributed by atoms with Crippen molar-refractivity contribution in [2.45, 2.75) is 70.4 Å². The maximum Gasteiger partial charge on any atom is 0.122 e. The van der Waals surface area contributed by atoms with E-state index in [9.17, 15) is 0 Å². The summed E-state index contributed by atoms with van der Waals surface area (Å²) in [7, 11) is 1.86. The van der Waals surface area contributed by atoms with Crippen molar-refractivity contribution in [3.05, 3.63) is 15.6 Å². The van der Waals surface area contributed by atoms with Crippen LogP contribution >= 0.6 is 11.3 Å². The Morgan fingerprint density at radius 2 is 2.00 bits per heavy atom. The fourth-order valence-corrected chi connectivity index (χ4v) is 4.77. The summed E-state index contributed by atoms with van der Waals surface area (Å²) in [4.78, 5) is 6.48. The third-order valence-electron chi connectivity index (χ3n) is 4.82. The molecule has 0 aromatic carbocycles. The van der Waals surface area contributed by atoms with Gasteiger partial charge in [0.15, 0.2) is 0 Å². The first kappa shape index (κ1) is 15.4. The first-order valence-electron chi connectivity index (χ1n) is 8.56. The van der Waals surface area contributed by atoms with Crippen molar-refractivity contribution in [1.29, 1.82) is 0 Å². The summed E-state index contributed by atoms with van der Waals surface area (Å²) >= 11 is 1.90. The summed E-state index contributed by atoms with van der Waals surface area (Å²) in [5, 5.41) is 4.70. The van der Waals surface area contributed by atoms with Crippen molar-refractivity contribution in [2.75, 3.05) is 13.7 Å². The van der Waals surface area contributed by atoms with Crippen LogP contribution in [0.1, 0.15) is 79.5 Å². The zero-order valence-electron chi connectivity index (χ0n) is 13.4. The number of thiazole rings is 1. The molecule has 118 valence electrons. The highest BCUT2D eigenvalue weighted by Crippen LogP contribution is 2.45. The zero-order chi connectivity index (χ0) is 14.7. The van der Waals surface area contributed by atoms with Crippen LogP contribution in [0.4, 0.5) is 0 Å². The highest BCUT2D eigenvalue weighted by Gasteiger charge is 2.33. The molecule has 0 aliphatic heterocycles. The molecule has 0 spiro atoms. The molecule has 1 atom stereocenters. The van der Waals surface area contributed by atoms with Crippen LogP contribution in [-0.4, -0.2) is 18.6 Å². The van der Waals surface area contributed by atoms with Gasteiger partial charge in [-0.25, -0.2) is 4.98 Å². The molecule has 2 saturated carbocycles. The number of hydrogen-bond donors (Lipinski definition) is 1. The molecule has 1 aromatic rings. The van der Waals surface area contributed by atoms with Gasteiger partial charge in [0.1, 0.15) is 11.1 Å². The molecule has 21 heavy (non-hydrogen) atoms. The van der Waals surface area contributed by atoms with E-state index >= 15 is 0 Å². The van der Waals surface area contributed by atoms with Crippen molar-refractivity contribution < 1.29 is 4.74 Å². The Kier molecular flexibility index (Phi) is 5.30. The highest BCUT2D eigenvalue weighted by molar-refractivity contribution is 7.11. The zero-order valence-corrected chi connectivity index (χ0v) is 14.2. The van der Waals surface area contributed by atoms with Gasteiger partial charge in [-0.3, -0.25) is 0 Å². The van der Waals surface area contributed by atoms with E-state index in [4.69, 9.17) is 9.72 Å². The summed E-state index contributed by atoms with van der Waals surface area (Å²) in [6, 6.07) is 0. The van der Waals surface area contributed by atoms with Crippen molar-refractivity contribution >= 4 is 11.3 Å². The fraction of sp³-hybridized carbons (Fsp3) is 0.824. The molecule has 2 fully saturated rings. The van der Waals surface area contributed by atoms with Gasteiger partial charge in [-0.1, -0.05) is 26.2 Å². The monoisotopic (exact) mass is 308 g/mol. The molecule has 0 bridgehead atoms. The molecule has 2 aliphatic rings. The lowest BCUT2D eigenvalue weighted by Gasteiger charge is -2.27. The molecular weight excluding hydrogens is 280 g/mol. The van der Waals surface area contributed by atoms with E-state index in [1.807, 2.05) is 18.4 Å². The van der Waals surface area contributed by atoms with Crippen LogP contribution < -0.4 is 5.32 Å². The number of aromatic nitrogens is 1. The Morgan fingerprint density at radius 1 is 1.24 bits per heavy atom. The number of hydrogen-bond acceptors (Lipinski definition) is 4. The van der Waals surface area contributed by atoms with Crippen molar-refractivity contribution in [3.8, 4) is 0 Å². The van der Waals surface area contributed by atoms with E-state index in [1.165, 1.54) is 60.5 Å². The first-order valence-corrected chi connectivity index (χ1v) is 9.38. The number of rotatable bonds is 7. The summed E-state index contributed by atoms with van der Waals surface area (Å²) in [5.41, 5.74) is 1.37. The molecule has 3 rings (SSSR count). The third-order valence-corrected chi connectivity index (χ3v) is 5.95. The van der Waals surface area contributed by atoms with Crippen LogP contribution in [-0.2, 0) is 11.3 Å². The van der Waals surface area contributed by atoms with Gasteiger partial charge in [0, 0.05) is 24.4 Å². The molecule has 0 radical (unpaired) electrons. The Bertz CT molecular complexity index is 450. The maximum atomic E-state index is 5.88. The Hall–Kier alpha value is -0.450. The second kappa shape index (κ2) is 7.21. The average Bonchev–Trinajstić information content (AvgIpc) is 3.28. The number of nitrogens with zero attached hydrogens (tertiary/aromatic N) is 1. The van der Waals surface area contributed by atoms with E-state index in [2.05, 4.69) is 12.2 Å². The molecule has 1 unspecified atom stereocenters. The third kappa shape index (κ3) is 3.66. The van der Waals surface area contributed by atoms with Crippen LogP contribution in [0, 0.1) is 5.92 Å². The van der Waals surface area contributed by atoms with E-state index in [0.717, 1.165) is 19.0 Å². The quantitative estimate of drug-likeness (QED) is 0.811. The maximum absolute atomic E-state index is 5.88. The highest BCUT2D eigenvalue weighted by atomic mass is 32.1. The smallest absolute Gasteiger partial charge is 0.122 e.